The van der Waals surface area contributed by atoms with Crippen molar-refractivity contribution in [2.75, 3.05) is 42.3 Å². The van der Waals surface area contributed by atoms with E-state index in [0.29, 0.717) is 17.8 Å². The fourth-order valence-corrected chi connectivity index (χ4v) is 12.9. The van der Waals surface area contributed by atoms with E-state index < -0.39 is 131 Å². The monoisotopic (exact) mass is 1350 g/mol. The summed E-state index contributed by atoms with van der Waals surface area (Å²) >= 11 is 0. The molecule has 30 nitrogen and oxygen atoms in total. The number of anilines is 3. The third kappa shape index (κ3) is 15.5. The Balaban J connectivity index is 0.602. The van der Waals surface area contributed by atoms with E-state index in [1.165, 1.54) is 36.1 Å². The van der Waals surface area contributed by atoms with Crippen LogP contribution in [0.25, 0.3) is 33.8 Å². The molecule has 6 amide bonds. The first-order valence-corrected chi connectivity index (χ1v) is 32.6. The minimum atomic E-state index is -3.05. The van der Waals surface area contributed by atoms with Crippen LogP contribution in [0.4, 0.5) is 26.4 Å². The van der Waals surface area contributed by atoms with Crippen LogP contribution >= 0.6 is 16.5 Å². The molecule has 11 rings (SSSR count). The van der Waals surface area contributed by atoms with Crippen molar-refractivity contribution in [3.05, 3.63) is 136 Å². The number of carbonyl (C=O) groups excluding carboxylic acids is 6. The molecule has 498 valence electrons. The van der Waals surface area contributed by atoms with Gasteiger partial charge in [0.05, 0.1) is 24.9 Å². The lowest BCUT2D eigenvalue weighted by Crippen LogP contribution is -2.53. The SMILES string of the molecule is C/C1=C/c2ccccc2N(C(=O)CCC(=O)N[C@H](C(=O)N[C@@H](C)C(=O)Nc2ccc(COC(=O)N(C)CCCC(=O)Nc3ncnc4c3ncn4[C@H]3C[C@@H]4O[P+](=O)OC[C@H]5O[C@@H](n6cc(F)c7c(=O)[nH]cnc76)[C@H](O[P+](=O)OC[C@H]4O3)[C@@H]5O)cc2)C(C)C)Cc2ccccc21. The molecule has 3 aromatic carbocycles. The molecular weight excluding hydrogens is 1280 g/mol. The van der Waals surface area contributed by atoms with Gasteiger partial charge >= 0.3 is 22.6 Å². The van der Waals surface area contributed by atoms with Crippen LogP contribution in [-0.4, -0.2) is 149 Å². The number of rotatable bonds is 18. The van der Waals surface area contributed by atoms with Gasteiger partial charge in [0.2, 0.25) is 29.5 Å². The number of para-hydroxylation sites is 1. The number of hydrogen-bond donors (Lipinski definition) is 6. The van der Waals surface area contributed by atoms with Crippen molar-refractivity contribution in [3.8, 4) is 0 Å². The molecule has 2 unspecified atom stereocenters. The number of nitrogens with zero attached hydrogens (tertiary/aromatic N) is 8. The first-order chi connectivity index (χ1) is 45.7. The van der Waals surface area contributed by atoms with E-state index in [-0.39, 0.29) is 79.7 Å². The maximum Gasteiger partial charge on any atom is 0.698 e. The minimum absolute atomic E-state index is 0.0238. The van der Waals surface area contributed by atoms with E-state index >= 15 is 0 Å². The van der Waals surface area contributed by atoms with Crippen LogP contribution < -0.4 is 31.7 Å². The van der Waals surface area contributed by atoms with Crippen molar-refractivity contribution in [3.63, 3.8) is 0 Å². The van der Waals surface area contributed by atoms with E-state index in [2.05, 4.69) is 46.2 Å². The molecule has 0 radical (unpaired) electrons. The molecule has 4 aromatic heterocycles. The average Bonchev–Trinajstić information content (AvgIpc) is 1.65. The Morgan fingerprint density at radius 1 is 0.821 bits per heavy atom. The number of carbonyl (C=O) groups is 6. The maximum absolute atomic E-state index is 15.0. The summed E-state index contributed by atoms with van der Waals surface area (Å²) in [6.45, 7) is 6.46. The average molecular weight is 1350 g/mol. The molecule has 3 fully saturated rings. The predicted octanol–water partition coefficient (Wildman–Crippen LogP) is 6.84. The highest BCUT2D eigenvalue weighted by molar-refractivity contribution is 7.33. The number of halogens is 1. The van der Waals surface area contributed by atoms with Crippen molar-refractivity contribution < 1.29 is 79.7 Å². The van der Waals surface area contributed by atoms with Crippen molar-refractivity contribution in [2.45, 2.75) is 128 Å². The molecule has 2 bridgehead atoms. The Hall–Kier alpha value is -9.16. The second-order valence-electron chi connectivity index (χ2n) is 23.4. The van der Waals surface area contributed by atoms with Crippen LogP contribution in [0.15, 0.2) is 103 Å². The molecule has 7 aromatic rings. The highest BCUT2D eigenvalue weighted by atomic mass is 31.1. The van der Waals surface area contributed by atoms with Crippen LogP contribution in [0, 0.1) is 11.7 Å². The number of allylic oxidation sites excluding steroid dienone is 1. The lowest BCUT2D eigenvalue weighted by Gasteiger charge is -2.28. The molecule has 0 spiro atoms. The van der Waals surface area contributed by atoms with E-state index in [1.54, 1.807) is 43.0 Å². The van der Waals surface area contributed by atoms with E-state index in [0.717, 1.165) is 45.0 Å². The van der Waals surface area contributed by atoms with Gasteiger partial charge in [-0.1, -0.05) is 68.4 Å². The summed E-state index contributed by atoms with van der Waals surface area (Å²) < 4.78 is 84.3. The largest absolute Gasteiger partial charge is 0.698 e. The number of aliphatic hydroxyl groups excluding tert-OH is 1. The zero-order valence-electron chi connectivity index (χ0n) is 52.0. The van der Waals surface area contributed by atoms with Crippen molar-refractivity contribution >= 4 is 103 Å². The molecule has 3 saturated heterocycles. The smallest absolute Gasteiger partial charge is 0.445 e. The highest BCUT2D eigenvalue weighted by Gasteiger charge is 2.54. The van der Waals surface area contributed by atoms with Gasteiger partial charge in [-0.2, -0.15) is 0 Å². The van der Waals surface area contributed by atoms with E-state index in [9.17, 15) is 52.2 Å². The summed E-state index contributed by atoms with van der Waals surface area (Å²) in [5.74, 6) is -3.51. The minimum Gasteiger partial charge on any atom is -0.445 e. The summed E-state index contributed by atoms with van der Waals surface area (Å²) in [5.41, 5.74) is 5.20. The Labute approximate surface area is 543 Å². The molecule has 95 heavy (non-hydrogen) atoms. The normalized spacial score (nSPS) is 22.4. The fourth-order valence-electron chi connectivity index (χ4n) is 11.4. The zero-order chi connectivity index (χ0) is 67.2. The number of benzene rings is 3. The van der Waals surface area contributed by atoms with E-state index in [1.807, 2.05) is 61.5 Å². The van der Waals surface area contributed by atoms with Gasteiger partial charge < -0.3 is 55.4 Å². The molecule has 4 aliphatic rings. The van der Waals surface area contributed by atoms with Crippen molar-refractivity contribution in [2.24, 2.45) is 5.92 Å². The van der Waals surface area contributed by atoms with Gasteiger partial charge in [-0.25, -0.2) is 29.1 Å². The molecule has 0 aliphatic carbocycles. The molecule has 8 heterocycles. The van der Waals surface area contributed by atoms with Crippen molar-refractivity contribution in [1.29, 1.82) is 0 Å². The first-order valence-electron chi connectivity index (χ1n) is 30.4. The summed E-state index contributed by atoms with van der Waals surface area (Å²) in [4.78, 5) is 115. The van der Waals surface area contributed by atoms with Crippen LogP contribution in [0.5, 0.6) is 0 Å². The lowest BCUT2D eigenvalue weighted by atomic mass is 9.95. The van der Waals surface area contributed by atoms with Gasteiger partial charge in [0.1, 0.15) is 74.3 Å². The van der Waals surface area contributed by atoms with Gasteiger partial charge in [0, 0.05) is 60.3 Å². The summed E-state index contributed by atoms with van der Waals surface area (Å²) in [6, 6.07) is 20.0. The number of imidazole rings is 1. The molecule has 33 heteroatoms. The van der Waals surface area contributed by atoms with Crippen LogP contribution in [-0.2, 0) is 78.6 Å². The number of aromatic amines is 1. The zero-order valence-corrected chi connectivity index (χ0v) is 53.8. The van der Waals surface area contributed by atoms with Crippen LogP contribution in [0.3, 0.4) is 0 Å². The van der Waals surface area contributed by atoms with Gasteiger partial charge in [-0.3, -0.25) is 37.9 Å². The predicted molar refractivity (Wildman–Crippen MR) is 338 cm³/mol. The Morgan fingerprint density at radius 2 is 1.57 bits per heavy atom. The number of fused-ring (bicyclic) bond motifs is 7. The topological polar surface area (TPSA) is 370 Å². The molecule has 4 aliphatic heterocycles. The Kier molecular flexibility index (Phi) is 21.0. The first kappa shape index (κ1) is 67.3. The van der Waals surface area contributed by atoms with Crippen LogP contribution in [0.2, 0.25) is 0 Å². The number of H-pyrrole nitrogens is 1. The van der Waals surface area contributed by atoms with Gasteiger partial charge in [0.15, 0.2) is 40.8 Å². The number of hydrogen-bond acceptors (Lipinski definition) is 21. The number of nitrogens with one attached hydrogen (secondary N) is 5. The quantitative estimate of drug-likeness (QED) is 0.0479. The van der Waals surface area contributed by atoms with Gasteiger partial charge in [0.25, 0.3) is 5.56 Å². The standard InChI is InChI=1S/C62H66FN13O17P2/c1-33(2)51(71-47(78)20-21-48(79)74-25-38-12-6-8-13-40(38)34(3)23-37-11-7-9-14-42(37)74)60(83)69-35(4)58(81)70-39-18-16-36(17-19-39)27-87-62(84)73(5)22-10-15-46(77)72-55-52-57(66-30-64-55)76(32-68-52)49-24-43-44(90-49)28-88-95(86)93-54-53(80)45(29-89-94(85)92-43)91-61(54)75-26-41(63)50-56(75)65-31-67-59(50)82/h6-9,11-14,16-19,23,26,30-33,35,43-45,49,51,53-54,61,80H,10,15,20-22,24-25,27-29H2,1-5H3,(H3-2,64,65,66,67,69,70,71,72,77,78,81,82,83)/p+2/b34-23-/t35-,43-,44+,45+,49+,51-,53+,54+,61+/m0/s1. The second-order valence-corrected chi connectivity index (χ2v) is 25.2. The molecule has 0 saturated carbocycles. The summed E-state index contributed by atoms with van der Waals surface area (Å²) in [7, 11) is -4.44. The number of aromatic nitrogens is 7. The summed E-state index contributed by atoms with van der Waals surface area (Å²) in [6.07, 6.45) is -2.72. The molecular formula is C62H68FN13O17P2+2. The van der Waals surface area contributed by atoms with Gasteiger partial charge in [-0.05, 0) is 78.3 Å². The third-order valence-electron chi connectivity index (χ3n) is 16.4. The third-order valence-corrected chi connectivity index (χ3v) is 18.0. The molecule has 6 N–H and O–H groups in total. The van der Waals surface area contributed by atoms with Gasteiger partial charge in [-0.15, -0.1) is 18.1 Å². The van der Waals surface area contributed by atoms with Crippen molar-refractivity contribution in [1.82, 2.24) is 49.6 Å². The Bertz CT molecular complexity index is 4190. The Morgan fingerprint density at radius 3 is 2.36 bits per heavy atom. The number of amides is 6. The lowest BCUT2D eigenvalue weighted by molar-refractivity contribution is -0.132. The number of aliphatic hydroxyl groups is 1. The van der Waals surface area contributed by atoms with Crippen LogP contribution in [0.1, 0.15) is 94.5 Å². The molecule has 11 atom stereocenters. The fraction of sp³-hybridized carbons (Fsp3) is 0.403. The summed E-state index contributed by atoms with van der Waals surface area (Å²) in [5, 5.41) is 21.7. The maximum atomic E-state index is 15.0. The second kappa shape index (κ2) is 29.6. The number of ether oxygens (including phenoxy) is 3. The van der Waals surface area contributed by atoms with E-state index in [4.69, 9.17) is 32.3 Å². The highest BCUT2D eigenvalue weighted by Crippen LogP contribution is 2.45.